The topological polar surface area (TPSA) is 57.2 Å². The zero-order valence-corrected chi connectivity index (χ0v) is 16.0. The fourth-order valence-electron chi connectivity index (χ4n) is 1.81. The zero-order chi connectivity index (χ0) is 17.0. The molecule has 0 fully saturated rings. The van der Waals surface area contributed by atoms with Crippen LogP contribution in [0.2, 0.25) is 18.1 Å². The fourth-order valence-corrected chi connectivity index (χ4v) is 2.83. The minimum atomic E-state index is -1.87. The highest BCUT2D eigenvalue weighted by Crippen LogP contribution is 2.36. The number of aliphatic hydroxyl groups is 1. The maximum atomic E-state index is 10.1. The van der Waals surface area contributed by atoms with Crippen LogP contribution in [0.5, 0.6) is 0 Å². The summed E-state index contributed by atoms with van der Waals surface area (Å²) in [4.78, 5) is 0. The predicted octanol–water partition coefficient (Wildman–Crippen LogP) is 3.05. The average molecular weight is 333 g/mol. The molecule has 22 heavy (non-hydrogen) atoms. The van der Waals surface area contributed by atoms with Crippen LogP contribution in [-0.2, 0) is 18.6 Å². The maximum Gasteiger partial charge on any atom is 0.192 e. The largest absolute Gasteiger partial charge is 0.414 e. The Balaban J connectivity index is 2.55. The van der Waals surface area contributed by atoms with Gasteiger partial charge in [-0.25, -0.2) is 0 Å². The molecule has 0 radical (unpaired) electrons. The number of hydrogen-bond donors (Lipinski definition) is 1. The summed E-state index contributed by atoms with van der Waals surface area (Å²) >= 11 is 0. The summed E-state index contributed by atoms with van der Waals surface area (Å²) in [6, 6.07) is 0. The molecule has 0 aromatic heterocycles. The summed E-state index contributed by atoms with van der Waals surface area (Å²) in [6.07, 6.45) is 1.45. The first-order valence-corrected chi connectivity index (χ1v) is 10.9. The molecule has 3 unspecified atom stereocenters. The molecule has 130 valence electrons. The maximum absolute atomic E-state index is 10.1. The zero-order valence-electron chi connectivity index (χ0n) is 15.0. The van der Waals surface area contributed by atoms with E-state index in [1.54, 1.807) is 12.2 Å². The summed E-state index contributed by atoms with van der Waals surface area (Å²) in [5.74, 6) is 0. The van der Waals surface area contributed by atoms with Crippen LogP contribution in [0.25, 0.3) is 0 Å². The number of aliphatic hydroxyl groups excluding tert-OH is 1. The molecule has 1 rings (SSSR count). The lowest BCUT2D eigenvalue weighted by atomic mass is 10.1. The van der Waals surface area contributed by atoms with Gasteiger partial charge in [-0.05, 0) is 38.1 Å². The van der Waals surface area contributed by atoms with Crippen LogP contribution in [0.3, 0.4) is 0 Å². The highest BCUT2D eigenvalue weighted by molar-refractivity contribution is 6.74. The highest BCUT2D eigenvalue weighted by Gasteiger charge is 2.39. The molecule has 1 heterocycles. The van der Waals surface area contributed by atoms with E-state index in [1.807, 2.05) is 13.8 Å². The van der Waals surface area contributed by atoms with E-state index in [-0.39, 0.29) is 11.3 Å². The minimum absolute atomic E-state index is 0.127. The van der Waals surface area contributed by atoms with Gasteiger partial charge in [0, 0.05) is 6.61 Å². The van der Waals surface area contributed by atoms with Crippen LogP contribution >= 0.6 is 0 Å². The second-order valence-electron chi connectivity index (χ2n) is 7.15. The van der Waals surface area contributed by atoms with Gasteiger partial charge in [-0.3, -0.25) is 0 Å². The normalized spacial score (nSPS) is 27.9. The van der Waals surface area contributed by atoms with Gasteiger partial charge in [0.15, 0.2) is 20.9 Å². The Bertz CT molecular complexity index is 364. The second kappa shape index (κ2) is 8.03. The summed E-state index contributed by atoms with van der Waals surface area (Å²) in [7, 11) is -1.87. The standard InChI is InChI=1S/C16H32O5Si/c1-8-18-12(2)20-15-10-9-13(17)14(21-15)11-19-22(6,7)16(3,4)5/h9-10,12-15,17H,8,11H2,1-7H3/t12?,13?,14-,15?/m1/s1. The fraction of sp³-hybridized carbons (Fsp3) is 0.875. The lowest BCUT2D eigenvalue weighted by Crippen LogP contribution is -2.47. The van der Waals surface area contributed by atoms with Crippen molar-refractivity contribution in [1.29, 1.82) is 0 Å². The Kier molecular flexibility index (Phi) is 7.23. The van der Waals surface area contributed by atoms with Gasteiger partial charge in [-0.15, -0.1) is 0 Å². The van der Waals surface area contributed by atoms with E-state index in [1.165, 1.54) is 0 Å². The van der Waals surface area contributed by atoms with Crippen LogP contribution in [-0.4, -0.2) is 51.4 Å². The Hall–Kier alpha value is -0.243. The third kappa shape index (κ3) is 5.75. The molecule has 0 spiro atoms. The molecule has 0 aromatic rings. The molecule has 5 nitrogen and oxygen atoms in total. The van der Waals surface area contributed by atoms with Crippen LogP contribution in [0.15, 0.2) is 12.2 Å². The number of hydrogen-bond acceptors (Lipinski definition) is 5. The second-order valence-corrected chi connectivity index (χ2v) is 12.0. The predicted molar refractivity (Wildman–Crippen MR) is 89.1 cm³/mol. The van der Waals surface area contributed by atoms with Gasteiger partial charge in [0.25, 0.3) is 0 Å². The Morgan fingerprint density at radius 3 is 2.45 bits per heavy atom. The van der Waals surface area contributed by atoms with Gasteiger partial charge >= 0.3 is 0 Å². The lowest BCUT2D eigenvalue weighted by Gasteiger charge is -2.38. The van der Waals surface area contributed by atoms with Gasteiger partial charge in [0.05, 0.1) is 6.61 Å². The molecule has 0 bridgehead atoms. The molecule has 0 aliphatic carbocycles. The van der Waals surface area contributed by atoms with Crippen molar-refractivity contribution in [1.82, 2.24) is 0 Å². The molecule has 0 amide bonds. The first-order chi connectivity index (χ1) is 10.1. The summed E-state index contributed by atoms with van der Waals surface area (Å²) in [5.41, 5.74) is 0. The van der Waals surface area contributed by atoms with Gasteiger partial charge in [-0.1, -0.05) is 26.8 Å². The van der Waals surface area contributed by atoms with E-state index in [0.717, 1.165) is 0 Å². The summed E-state index contributed by atoms with van der Waals surface area (Å²) in [5, 5.41) is 10.2. The first-order valence-electron chi connectivity index (χ1n) is 7.99. The van der Waals surface area contributed by atoms with Crippen molar-refractivity contribution in [3.8, 4) is 0 Å². The average Bonchev–Trinajstić information content (AvgIpc) is 2.38. The molecular weight excluding hydrogens is 300 g/mol. The molecule has 0 saturated heterocycles. The molecule has 1 aliphatic rings. The first kappa shape index (κ1) is 19.8. The van der Waals surface area contributed by atoms with Crippen LogP contribution in [0.4, 0.5) is 0 Å². The van der Waals surface area contributed by atoms with Crippen molar-refractivity contribution in [3.05, 3.63) is 12.2 Å². The van der Waals surface area contributed by atoms with Crippen molar-refractivity contribution < 1.29 is 23.7 Å². The molecule has 1 aliphatic heterocycles. The van der Waals surface area contributed by atoms with Crippen LogP contribution in [0, 0.1) is 0 Å². The van der Waals surface area contributed by atoms with E-state index in [2.05, 4.69) is 33.9 Å². The lowest BCUT2D eigenvalue weighted by molar-refractivity contribution is -0.247. The quantitative estimate of drug-likeness (QED) is 0.441. The number of rotatable bonds is 7. The Morgan fingerprint density at radius 2 is 1.91 bits per heavy atom. The van der Waals surface area contributed by atoms with E-state index in [9.17, 15) is 5.11 Å². The van der Waals surface area contributed by atoms with Crippen molar-refractivity contribution in [3.63, 3.8) is 0 Å². The van der Waals surface area contributed by atoms with Gasteiger partial charge in [0.2, 0.25) is 0 Å². The Labute approximate surface area is 135 Å². The van der Waals surface area contributed by atoms with Gasteiger partial charge in [0.1, 0.15) is 12.2 Å². The Morgan fingerprint density at radius 1 is 1.27 bits per heavy atom. The third-order valence-corrected chi connectivity index (χ3v) is 8.80. The van der Waals surface area contributed by atoms with Gasteiger partial charge < -0.3 is 23.7 Å². The molecule has 1 N–H and O–H groups in total. The van der Waals surface area contributed by atoms with Gasteiger partial charge in [-0.2, -0.15) is 0 Å². The molecule has 6 heteroatoms. The molecule has 4 atom stereocenters. The monoisotopic (exact) mass is 332 g/mol. The smallest absolute Gasteiger partial charge is 0.192 e. The molecular formula is C16H32O5Si. The van der Waals surface area contributed by atoms with Crippen molar-refractivity contribution in [2.45, 2.75) is 77.5 Å². The van der Waals surface area contributed by atoms with E-state index in [4.69, 9.17) is 18.6 Å². The molecule has 0 saturated carbocycles. The van der Waals surface area contributed by atoms with E-state index in [0.29, 0.717) is 13.2 Å². The van der Waals surface area contributed by atoms with Crippen molar-refractivity contribution >= 4 is 8.32 Å². The number of ether oxygens (including phenoxy) is 3. The minimum Gasteiger partial charge on any atom is -0.414 e. The van der Waals surface area contributed by atoms with Crippen LogP contribution < -0.4 is 0 Å². The van der Waals surface area contributed by atoms with Crippen molar-refractivity contribution in [2.75, 3.05) is 13.2 Å². The van der Waals surface area contributed by atoms with E-state index >= 15 is 0 Å². The van der Waals surface area contributed by atoms with Crippen molar-refractivity contribution in [2.24, 2.45) is 0 Å². The van der Waals surface area contributed by atoms with Crippen LogP contribution in [0.1, 0.15) is 34.6 Å². The summed E-state index contributed by atoms with van der Waals surface area (Å²) < 4.78 is 22.9. The van der Waals surface area contributed by atoms with E-state index < -0.39 is 26.8 Å². The highest BCUT2D eigenvalue weighted by atomic mass is 28.4. The summed E-state index contributed by atoms with van der Waals surface area (Å²) in [6.45, 7) is 15.6. The third-order valence-electron chi connectivity index (χ3n) is 4.30. The SMILES string of the molecule is CCOC(C)OC1C=CC(O)[C@@H](CO[Si](C)(C)C(C)(C)C)O1. The molecule has 0 aromatic carbocycles.